The largest absolute Gasteiger partial charge is 0.462 e. The molecule has 0 aliphatic carbocycles. The van der Waals surface area contributed by atoms with Crippen LogP contribution >= 0.6 is 0 Å². The molecule has 0 atom stereocenters. The summed E-state index contributed by atoms with van der Waals surface area (Å²) in [7, 11) is 0. The van der Waals surface area contributed by atoms with E-state index in [9.17, 15) is 24.4 Å². The SMILES string of the molecule is CCOC(=O)c1ccc(NC(=O)C(=O)NCc2ccc(/C=C(/C#N)C(=O)NCCc3ccccc3)o2)cc1. The number of nitriles is 1. The van der Waals surface area contributed by atoms with Gasteiger partial charge in [-0.15, -0.1) is 0 Å². The number of nitrogens with zero attached hydrogens (tertiary/aromatic N) is 1. The molecule has 0 unspecified atom stereocenters. The van der Waals surface area contributed by atoms with E-state index in [1.54, 1.807) is 19.1 Å². The van der Waals surface area contributed by atoms with Gasteiger partial charge in [-0.2, -0.15) is 5.26 Å². The molecule has 0 aliphatic heterocycles. The lowest BCUT2D eigenvalue weighted by molar-refractivity contribution is -0.136. The number of hydrogen-bond donors (Lipinski definition) is 3. The number of rotatable bonds is 10. The van der Waals surface area contributed by atoms with E-state index in [0.29, 0.717) is 30.0 Å². The average Bonchev–Trinajstić information content (AvgIpc) is 3.38. The predicted molar refractivity (Wildman–Crippen MR) is 138 cm³/mol. The second kappa shape index (κ2) is 13.8. The molecule has 3 amide bonds. The fourth-order valence-corrected chi connectivity index (χ4v) is 3.26. The van der Waals surface area contributed by atoms with Crippen LogP contribution in [0.3, 0.4) is 0 Å². The van der Waals surface area contributed by atoms with Crippen molar-refractivity contribution in [3.8, 4) is 6.07 Å². The molecule has 3 aromatic rings. The van der Waals surface area contributed by atoms with Gasteiger partial charge in [-0.1, -0.05) is 30.3 Å². The number of esters is 1. The number of anilines is 1. The molecule has 194 valence electrons. The first-order valence-corrected chi connectivity index (χ1v) is 11.8. The zero-order chi connectivity index (χ0) is 27.3. The molecular formula is C28H26N4O6. The van der Waals surface area contributed by atoms with Crippen molar-refractivity contribution >= 4 is 35.5 Å². The molecular weight excluding hydrogens is 488 g/mol. The van der Waals surface area contributed by atoms with Crippen molar-refractivity contribution in [2.24, 2.45) is 0 Å². The zero-order valence-electron chi connectivity index (χ0n) is 20.7. The van der Waals surface area contributed by atoms with E-state index in [-0.39, 0.29) is 24.5 Å². The Morgan fingerprint density at radius 2 is 1.66 bits per heavy atom. The van der Waals surface area contributed by atoms with Crippen molar-refractivity contribution in [2.75, 3.05) is 18.5 Å². The van der Waals surface area contributed by atoms with Crippen molar-refractivity contribution in [3.63, 3.8) is 0 Å². The molecule has 38 heavy (non-hydrogen) atoms. The number of furan rings is 1. The molecule has 0 fully saturated rings. The van der Waals surface area contributed by atoms with Crippen LogP contribution in [0, 0.1) is 11.3 Å². The quantitative estimate of drug-likeness (QED) is 0.163. The van der Waals surface area contributed by atoms with Crippen molar-refractivity contribution in [2.45, 2.75) is 19.9 Å². The van der Waals surface area contributed by atoms with Gasteiger partial charge in [-0.3, -0.25) is 14.4 Å². The highest BCUT2D eigenvalue weighted by molar-refractivity contribution is 6.39. The first-order valence-electron chi connectivity index (χ1n) is 11.8. The second-order valence-electron chi connectivity index (χ2n) is 7.90. The maximum atomic E-state index is 12.3. The number of nitrogens with one attached hydrogen (secondary N) is 3. The van der Waals surface area contributed by atoms with Gasteiger partial charge in [-0.25, -0.2) is 4.79 Å². The summed E-state index contributed by atoms with van der Waals surface area (Å²) in [5.74, 6) is -2.25. The van der Waals surface area contributed by atoms with Crippen molar-refractivity contribution in [3.05, 3.63) is 95.0 Å². The lowest BCUT2D eigenvalue weighted by Gasteiger charge is -2.07. The third kappa shape index (κ3) is 8.20. The summed E-state index contributed by atoms with van der Waals surface area (Å²) < 4.78 is 10.4. The molecule has 0 saturated carbocycles. The topological polar surface area (TPSA) is 151 Å². The number of ether oxygens (including phenoxy) is 1. The summed E-state index contributed by atoms with van der Waals surface area (Å²) in [5, 5.41) is 16.9. The Morgan fingerprint density at radius 1 is 0.921 bits per heavy atom. The Labute approximate surface area is 219 Å². The summed E-state index contributed by atoms with van der Waals surface area (Å²) in [5.41, 5.74) is 1.58. The number of amides is 3. The van der Waals surface area contributed by atoms with Gasteiger partial charge in [-0.05, 0) is 55.3 Å². The van der Waals surface area contributed by atoms with E-state index in [1.807, 2.05) is 36.4 Å². The van der Waals surface area contributed by atoms with Gasteiger partial charge < -0.3 is 25.1 Å². The van der Waals surface area contributed by atoms with Gasteiger partial charge in [0, 0.05) is 18.3 Å². The number of benzene rings is 2. The van der Waals surface area contributed by atoms with Crippen LogP contribution in [0.5, 0.6) is 0 Å². The molecule has 3 rings (SSSR count). The van der Waals surface area contributed by atoms with Crippen molar-refractivity contribution in [1.82, 2.24) is 10.6 Å². The van der Waals surface area contributed by atoms with Crippen LogP contribution in [-0.4, -0.2) is 36.8 Å². The Kier molecular flexibility index (Phi) is 9.95. The highest BCUT2D eigenvalue weighted by Gasteiger charge is 2.15. The van der Waals surface area contributed by atoms with Gasteiger partial charge in [0.2, 0.25) is 0 Å². The molecule has 1 heterocycles. The second-order valence-corrected chi connectivity index (χ2v) is 7.90. The van der Waals surface area contributed by atoms with Crippen LogP contribution in [0.2, 0.25) is 0 Å². The molecule has 0 bridgehead atoms. The van der Waals surface area contributed by atoms with Crippen LogP contribution in [0.15, 0.2) is 76.7 Å². The fourth-order valence-electron chi connectivity index (χ4n) is 3.26. The van der Waals surface area contributed by atoms with Gasteiger partial charge in [0.05, 0.1) is 18.7 Å². The molecule has 2 aromatic carbocycles. The minimum Gasteiger partial charge on any atom is -0.462 e. The monoisotopic (exact) mass is 514 g/mol. The number of carbonyl (C=O) groups excluding carboxylic acids is 4. The first-order chi connectivity index (χ1) is 18.4. The van der Waals surface area contributed by atoms with E-state index in [4.69, 9.17) is 9.15 Å². The molecule has 0 saturated heterocycles. The number of carbonyl (C=O) groups is 4. The van der Waals surface area contributed by atoms with Crippen LogP contribution < -0.4 is 16.0 Å². The molecule has 0 radical (unpaired) electrons. The predicted octanol–water partition coefficient (Wildman–Crippen LogP) is 2.98. The Balaban J connectivity index is 1.47. The molecule has 10 nitrogen and oxygen atoms in total. The van der Waals surface area contributed by atoms with E-state index in [0.717, 1.165) is 5.56 Å². The maximum Gasteiger partial charge on any atom is 0.338 e. The fraction of sp³-hybridized carbons (Fsp3) is 0.179. The highest BCUT2D eigenvalue weighted by Crippen LogP contribution is 2.13. The Bertz CT molecular complexity index is 1350. The maximum absolute atomic E-state index is 12.3. The first kappa shape index (κ1) is 27.4. The Hall–Kier alpha value is -5.17. The standard InChI is InChI=1S/C28H26N4O6/c1-2-37-28(36)20-8-10-22(11-9-20)32-27(35)26(34)31-18-24-13-12-23(38-24)16-21(17-29)25(33)30-15-14-19-6-4-3-5-7-19/h3-13,16H,2,14-15,18H2,1H3,(H,30,33)(H,31,34)(H,32,35)/b21-16-. The van der Waals surface area contributed by atoms with Crippen LogP contribution in [-0.2, 0) is 32.1 Å². The van der Waals surface area contributed by atoms with Crippen LogP contribution in [0.1, 0.15) is 34.4 Å². The zero-order valence-corrected chi connectivity index (χ0v) is 20.7. The van der Waals surface area contributed by atoms with E-state index >= 15 is 0 Å². The molecule has 0 spiro atoms. The summed E-state index contributed by atoms with van der Waals surface area (Å²) in [6.45, 7) is 2.22. The van der Waals surface area contributed by atoms with Gasteiger partial charge in [0.1, 0.15) is 23.2 Å². The average molecular weight is 515 g/mol. The minimum atomic E-state index is -0.903. The molecule has 3 N–H and O–H groups in total. The van der Waals surface area contributed by atoms with E-state index in [2.05, 4.69) is 16.0 Å². The van der Waals surface area contributed by atoms with Crippen LogP contribution in [0.25, 0.3) is 6.08 Å². The summed E-state index contributed by atoms with van der Waals surface area (Å²) in [4.78, 5) is 48.3. The molecule has 1 aromatic heterocycles. The van der Waals surface area contributed by atoms with E-state index < -0.39 is 23.7 Å². The lowest BCUT2D eigenvalue weighted by atomic mass is 10.1. The molecule has 10 heteroatoms. The summed E-state index contributed by atoms with van der Waals surface area (Å²) >= 11 is 0. The van der Waals surface area contributed by atoms with Gasteiger partial charge in [0.15, 0.2) is 0 Å². The van der Waals surface area contributed by atoms with Crippen molar-refractivity contribution < 1.29 is 28.3 Å². The normalized spacial score (nSPS) is 10.7. The minimum absolute atomic E-state index is 0.0902. The number of hydrogen-bond acceptors (Lipinski definition) is 7. The smallest absolute Gasteiger partial charge is 0.338 e. The third-order valence-electron chi connectivity index (χ3n) is 5.16. The summed E-state index contributed by atoms with van der Waals surface area (Å²) in [6, 6.07) is 20.5. The van der Waals surface area contributed by atoms with Crippen molar-refractivity contribution in [1.29, 1.82) is 5.26 Å². The lowest BCUT2D eigenvalue weighted by Crippen LogP contribution is -2.34. The van der Waals surface area contributed by atoms with Gasteiger partial charge >= 0.3 is 17.8 Å². The van der Waals surface area contributed by atoms with Gasteiger partial charge in [0.25, 0.3) is 5.91 Å². The highest BCUT2D eigenvalue weighted by atomic mass is 16.5. The Morgan fingerprint density at radius 3 is 2.34 bits per heavy atom. The van der Waals surface area contributed by atoms with E-state index in [1.165, 1.54) is 30.3 Å². The third-order valence-corrected chi connectivity index (χ3v) is 5.16. The van der Waals surface area contributed by atoms with Crippen LogP contribution in [0.4, 0.5) is 5.69 Å². The molecule has 0 aliphatic rings. The summed E-state index contributed by atoms with van der Waals surface area (Å²) in [6.07, 6.45) is 1.93.